The van der Waals surface area contributed by atoms with Crippen LogP contribution in [0.1, 0.15) is 23.6 Å². The monoisotopic (exact) mass is 441 g/mol. The van der Waals surface area contributed by atoms with Gasteiger partial charge in [-0.15, -0.1) is 11.3 Å². The minimum atomic E-state index is -0.631. The quantitative estimate of drug-likeness (QED) is 0.458. The Labute approximate surface area is 179 Å². The lowest BCUT2D eigenvalue weighted by molar-refractivity contribution is 0.637. The highest BCUT2D eigenvalue weighted by atomic mass is 35.5. The fraction of sp³-hybridized carbons (Fsp3) is 0.190. The third-order valence-corrected chi connectivity index (χ3v) is 6.82. The lowest BCUT2D eigenvalue weighted by Crippen LogP contribution is -2.10. The van der Waals surface area contributed by atoms with Crippen molar-refractivity contribution in [2.75, 3.05) is 18.8 Å². The lowest BCUT2D eigenvalue weighted by atomic mass is 9.94. The summed E-state index contributed by atoms with van der Waals surface area (Å²) in [6, 6.07) is 6.30. The van der Waals surface area contributed by atoms with Crippen LogP contribution in [0.25, 0.3) is 32.1 Å². The highest BCUT2D eigenvalue weighted by Crippen LogP contribution is 2.45. The van der Waals surface area contributed by atoms with E-state index < -0.39 is 11.6 Å². The number of benzene rings is 2. The molecule has 0 bridgehead atoms. The van der Waals surface area contributed by atoms with Crippen LogP contribution in [-0.4, -0.2) is 23.1 Å². The smallest absolute Gasteiger partial charge is 0.158 e. The Bertz CT molecular complexity index is 1370. The summed E-state index contributed by atoms with van der Waals surface area (Å²) in [5.74, 6) is -1.01. The molecule has 1 aliphatic heterocycles. The first kappa shape index (κ1) is 19.1. The number of anilines is 1. The number of nitrogens with one attached hydrogen (secondary N) is 1. The molecule has 1 unspecified atom stereocenters. The minimum Gasteiger partial charge on any atom is -0.389 e. The van der Waals surface area contributed by atoms with Crippen molar-refractivity contribution >= 4 is 48.9 Å². The Morgan fingerprint density at radius 2 is 2.13 bits per heavy atom. The molecule has 0 radical (unpaired) electrons. The number of thiophene rings is 1. The number of halogens is 3. The second kappa shape index (κ2) is 7.13. The van der Waals surface area contributed by atoms with E-state index in [0.717, 1.165) is 36.5 Å². The van der Waals surface area contributed by atoms with Crippen LogP contribution in [0.3, 0.4) is 0 Å². The maximum Gasteiger partial charge on any atom is 0.158 e. The predicted molar refractivity (Wildman–Crippen MR) is 115 cm³/mol. The summed E-state index contributed by atoms with van der Waals surface area (Å²) in [5, 5.41) is 13.9. The molecule has 0 saturated carbocycles. The molecule has 1 saturated heterocycles. The molecule has 1 fully saturated rings. The van der Waals surface area contributed by atoms with E-state index in [2.05, 4.69) is 15.3 Å². The molecular formula is C21H14ClF2N5S. The Morgan fingerprint density at radius 3 is 2.87 bits per heavy atom. The standard InChI is InChI=1S/C21H14ClF2N5S/c22-13-5-11-18(9-3-4-27-7-9)28-8-29-19(11)17(24)16(13)10-1-2-14(23)20-15(10)12(6-25)21(26)30-20/h1-2,5,8-9,27H,3-4,7,26H2. The van der Waals surface area contributed by atoms with Gasteiger partial charge >= 0.3 is 0 Å². The Morgan fingerprint density at radius 1 is 1.30 bits per heavy atom. The highest BCUT2D eigenvalue weighted by Gasteiger charge is 2.26. The normalized spacial score (nSPS) is 16.4. The van der Waals surface area contributed by atoms with Gasteiger partial charge < -0.3 is 11.1 Å². The van der Waals surface area contributed by atoms with Gasteiger partial charge in [0.05, 0.1) is 21.0 Å². The van der Waals surface area contributed by atoms with Crippen LogP contribution in [0.15, 0.2) is 24.5 Å². The maximum atomic E-state index is 15.8. The van der Waals surface area contributed by atoms with Gasteiger partial charge in [-0.2, -0.15) is 5.26 Å². The number of nitriles is 1. The van der Waals surface area contributed by atoms with Crippen LogP contribution < -0.4 is 11.1 Å². The topological polar surface area (TPSA) is 87.6 Å². The Kier molecular flexibility index (Phi) is 4.54. The van der Waals surface area contributed by atoms with E-state index in [1.807, 2.05) is 6.07 Å². The van der Waals surface area contributed by atoms with Gasteiger partial charge in [-0.3, -0.25) is 0 Å². The van der Waals surface area contributed by atoms with Gasteiger partial charge in [0.2, 0.25) is 0 Å². The third-order valence-electron chi connectivity index (χ3n) is 5.50. The summed E-state index contributed by atoms with van der Waals surface area (Å²) in [5.41, 5.74) is 7.29. The average molecular weight is 442 g/mol. The van der Waals surface area contributed by atoms with Crippen LogP contribution in [0.4, 0.5) is 13.8 Å². The van der Waals surface area contributed by atoms with Gasteiger partial charge in [-0.25, -0.2) is 18.7 Å². The van der Waals surface area contributed by atoms with E-state index in [1.165, 1.54) is 18.5 Å². The van der Waals surface area contributed by atoms with Gasteiger partial charge in [-0.1, -0.05) is 17.7 Å². The van der Waals surface area contributed by atoms with E-state index >= 15 is 4.39 Å². The molecule has 0 amide bonds. The van der Waals surface area contributed by atoms with Crippen molar-refractivity contribution in [1.82, 2.24) is 15.3 Å². The van der Waals surface area contributed by atoms with Crippen molar-refractivity contribution < 1.29 is 8.78 Å². The summed E-state index contributed by atoms with van der Waals surface area (Å²) in [4.78, 5) is 8.54. The van der Waals surface area contributed by atoms with E-state index in [9.17, 15) is 9.65 Å². The van der Waals surface area contributed by atoms with Crippen LogP contribution >= 0.6 is 22.9 Å². The zero-order valence-corrected chi connectivity index (χ0v) is 17.0. The summed E-state index contributed by atoms with van der Waals surface area (Å²) in [7, 11) is 0. The lowest BCUT2D eigenvalue weighted by Gasteiger charge is -2.15. The molecule has 3 N–H and O–H groups in total. The predicted octanol–water partition coefficient (Wildman–Crippen LogP) is 4.97. The first-order valence-electron chi connectivity index (χ1n) is 9.25. The Hall–Kier alpha value is -2.86. The number of hydrogen-bond acceptors (Lipinski definition) is 6. The fourth-order valence-electron chi connectivity index (χ4n) is 4.12. The molecule has 1 aliphatic rings. The molecule has 30 heavy (non-hydrogen) atoms. The SMILES string of the molecule is N#Cc1c(N)sc2c(F)ccc(-c3c(Cl)cc4c(C5CCNC5)ncnc4c3F)c12. The van der Waals surface area contributed by atoms with E-state index in [4.69, 9.17) is 17.3 Å². The van der Waals surface area contributed by atoms with E-state index in [-0.39, 0.29) is 42.7 Å². The van der Waals surface area contributed by atoms with Crippen LogP contribution in [0, 0.1) is 23.0 Å². The number of nitrogen functional groups attached to an aromatic ring is 1. The van der Waals surface area contributed by atoms with Crippen molar-refractivity contribution in [2.24, 2.45) is 0 Å². The second-order valence-corrected chi connectivity index (χ2v) is 8.60. The van der Waals surface area contributed by atoms with Gasteiger partial charge in [0.1, 0.15) is 28.7 Å². The van der Waals surface area contributed by atoms with Gasteiger partial charge in [-0.05, 0) is 30.7 Å². The first-order chi connectivity index (χ1) is 14.5. The first-order valence-corrected chi connectivity index (χ1v) is 10.4. The number of fused-ring (bicyclic) bond motifs is 2. The second-order valence-electron chi connectivity index (χ2n) is 7.14. The van der Waals surface area contributed by atoms with Gasteiger partial charge in [0.25, 0.3) is 0 Å². The van der Waals surface area contributed by atoms with Crippen LogP contribution in [0.5, 0.6) is 0 Å². The van der Waals surface area contributed by atoms with E-state index in [1.54, 1.807) is 6.07 Å². The number of nitrogens with two attached hydrogens (primary N) is 1. The molecular weight excluding hydrogens is 428 g/mol. The number of nitrogens with zero attached hydrogens (tertiary/aromatic N) is 3. The number of rotatable bonds is 2. The summed E-state index contributed by atoms with van der Waals surface area (Å²) < 4.78 is 30.3. The maximum absolute atomic E-state index is 15.8. The Balaban J connectivity index is 1.83. The minimum absolute atomic E-state index is 0.0673. The van der Waals surface area contributed by atoms with Crippen molar-refractivity contribution in [2.45, 2.75) is 12.3 Å². The summed E-state index contributed by atoms with van der Waals surface area (Å²) in [6.45, 7) is 1.62. The van der Waals surface area contributed by atoms with Crippen molar-refractivity contribution in [3.63, 3.8) is 0 Å². The largest absolute Gasteiger partial charge is 0.389 e. The van der Waals surface area contributed by atoms with Crippen molar-refractivity contribution in [3.05, 3.63) is 52.4 Å². The molecule has 9 heteroatoms. The highest BCUT2D eigenvalue weighted by molar-refractivity contribution is 7.23. The zero-order valence-electron chi connectivity index (χ0n) is 15.5. The molecule has 2 aromatic carbocycles. The fourth-order valence-corrected chi connectivity index (χ4v) is 5.36. The molecule has 3 heterocycles. The number of aromatic nitrogens is 2. The average Bonchev–Trinajstić information content (AvgIpc) is 3.37. The van der Waals surface area contributed by atoms with Gasteiger partial charge in [0, 0.05) is 28.8 Å². The van der Waals surface area contributed by atoms with Crippen LogP contribution in [0.2, 0.25) is 5.02 Å². The summed E-state index contributed by atoms with van der Waals surface area (Å²) in [6.07, 6.45) is 2.24. The zero-order chi connectivity index (χ0) is 21.0. The van der Waals surface area contributed by atoms with Crippen molar-refractivity contribution in [1.29, 1.82) is 5.26 Å². The third kappa shape index (κ3) is 2.74. The molecule has 150 valence electrons. The number of hydrogen-bond donors (Lipinski definition) is 2. The van der Waals surface area contributed by atoms with E-state index in [0.29, 0.717) is 10.9 Å². The molecule has 2 aromatic heterocycles. The molecule has 5 rings (SSSR count). The van der Waals surface area contributed by atoms with Gasteiger partial charge in [0.15, 0.2) is 5.82 Å². The molecule has 0 spiro atoms. The molecule has 4 aromatic rings. The molecule has 1 atom stereocenters. The summed E-state index contributed by atoms with van der Waals surface area (Å²) >= 11 is 7.50. The molecule has 0 aliphatic carbocycles. The van der Waals surface area contributed by atoms with Crippen LogP contribution in [-0.2, 0) is 0 Å². The molecule has 5 nitrogen and oxygen atoms in total. The van der Waals surface area contributed by atoms with Crippen molar-refractivity contribution in [3.8, 4) is 17.2 Å².